The largest absolute Gasteiger partial charge is 0.340 e. The van der Waals surface area contributed by atoms with E-state index in [0.29, 0.717) is 18.4 Å². The van der Waals surface area contributed by atoms with Crippen molar-refractivity contribution >= 4 is 18.3 Å². The number of halogens is 1. The first-order chi connectivity index (χ1) is 8.65. The highest BCUT2D eigenvalue weighted by atomic mass is 35.5. The molecule has 2 aliphatic heterocycles. The maximum Gasteiger partial charge on any atom is 0.236 e. The van der Waals surface area contributed by atoms with Crippen molar-refractivity contribution in [2.75, 3.05) is 45.8 Å². The third-order valence-electron chi connectivity index (χ3n) is 3.90. The lowest BCUT2D eigenvalue weighted by Crippen LogP contribution is -2.53. The molecule has 2 fully saturated rings. The van der Waals surface area contributed by atoms with E-state index in [4.69, 9.17) is 0 Å². The minimum atomic E-state index is 0. The van der Waals surface area contributed by atoms with E-state index in [1.807, 2.05) is 4.90 Å². The van der Waals surface area contributed by atoms with Crippen LogP contribution >= 0.6 is 12.4 Å². The molecule has 2 heterocycles. The number of piperidine rings is 1. The van der Waals surface area contributed by atoms with Gasteiger partial charge in [-0.05, 0) is 37.8 Å². The molecule has 2 rings (SSSR count). The van der Waals surface area contributed by atoms with E-state index >= 15 is 0 Å². The lowest BCUT2D eigenvalue weighted by molar-refractivity contribution is -0.136. The second-order valence-electron chi connectivity index (χ2n) is 6.18. The Labute approximate surface area is 123 Å². The molecule has 1 amide bonds. The van der Waals surface area contributed by atoms with E-state index in [-0.39, 0.29) is 12.4 Å². The molecule has 1 atom stereocenters. The molecule has 0 bridgehead atoms. The highest BCUT2D eigenvalue weighted by Crippen LogP contribution is 2.14. The van der Waals surface area contributed by atoms with Crippen molar-refractivity contribution in [2.45, 2.75) is 26.7 Å². The van der Waals surface area contributed by atoms with Crippen LogP contribution in [0.1, 0.15) is 26.7 Å². The number of hydrogen-bond donors (Lipinski definition) is 1. The highest BCUT2D eigenvalue weighted by molar-refractivity contribution is 5.85. The number of nitrogens with one attached hydrogen (secondary N) is 1. The Bertz CT molecular complexity index is 280. The van der Waals surface area contributed by atoms with Gasteiger partial charge >= 0.3 is 0 Å². The molecule has 0 aliphatic carbocycles. The van der Waals surface area contributed by atoms with Gasteiger partial charge in [-0.1, -0.05) is 13.8 Å². The highest BCUT2D eigenvalue weighted by Gasteiger charge is 2.26. The Morgan fingerprint density at radius 2 is 2.16 bits per heavy atom. The van der Waals surface area contributed by atoms with Crippen LogP contribution in [0.15, 0.2) is 0 Å². The van der Waals surface area contributed by atoms with E-state index in [1.165, 1.54) is 12.8 Å². The molecule has 112 valence electrons. The predicted molar refractivity (Wildman–Crippen MR) is 80.7 cm³/mol. The molecule has 4 nitrogen and oxygen atoms in total. The first-order valence-electron chi connectivity index (χ1n) is 7.36. The van der Waals surface area contributed by atoms with Gasteiger partial charge in [0.2, 0.25) is 5.91 Å². The Hall–Kier alpha value is -0.320. The predicted octanol–water partition coefficient (Wildman–Crippen LogP) is 1.21. The van der Waals surface area contributed by atoms with Crippen LogP contribution in [0.3, 0.4) is 0 Å². The van der Waals surface area contributed by atoms with E-state index < -0.39 is 0 Å². The molecule has 0 spiro atoms. The summed E-state index contributed by atoms with van der Waals surface area (Å²) in [4.78, 5) is 16.4. The SMILES string of the molecule is CC(C)CN1CCN(CC2CCCNC2)CC1=O.Cl. The average molecular weight is 290 g/mol. The Kier molecular flexibility index (Phi) is 7.11. The van der Waals surface area contributed by atoms with Gasteiger partial charge in [-0.15, -0.1) is 12.4 Å². The van der Waals surface area contributed by atoms with Crippen LogP contribution in [0.2, 0.25) is 0 Å². The summed E-state index contributed by atoms with van der Waals surface area (Å²) in [6.07, 6.45) is 2.60. The molecule has 1 unspecified atom stereocenters. The number of amides is 1. The van der Waals surface area contributed by atoms with E-state index in [1.54, 1.807) is 0 Å². The van der Waals surface area contributed by atoms with Gasteiger partial charge < -0.3 is 10.2 Å². The molecule has 5 heteroatoms. The third-order valence-corrected chi connectivity index (χ3v) is 3.90. The smallest absolute Gasteiger partial charge is 0.236 e. The van der Waals surface area contributed by atoms with Gasteiger partial charge in [0.25, 0.3) is 0 Å². The first-order valence-corrected chi connectivity index (χ1v) is 7.36. The summed E-state index contributed by atoms with van der Waals surface area (Å²) in [5.41, 5.74) is 0. The molecule has 0 aromatic carbocycles. The fraction of sp³-hybridized carbons (Fsp3) is 0.929. The van der Waals surface area contributed by atoms with E-state index in [0.717, 1.165) is 45.2 Å². The summed E-state index contributed by atoms with van der Waals surface area (Å²) in [5, 5.41) is 3.45. The summed E-state index contributed by atoms with van der Waals surface area (Å²) in [6.45, 7) is 11.2. The zero-order chi connectivity index (χ0) is 13.0. The minimum Gasteiger partial charge on any atom is -0.340 e. The van der Waals surface area contributed by atoms with Crippen molar-refractivity contribution in [3.63, 3.8) is 0 Å². The summed E-state index contributed by atoms with van der Waals surface area (Å²) < 4.78 is 0. The van der Waals surface area contributed by atoms with Crippen LogP contribution in [0.25, 0.3) is 0 Å². The fourth-order valence-corrected chi connectivity index (χ4v) is 2.99. The maximum absolute atomic E-state index is 12.1. The summed E-state index contributed by atoms with van der Waals surface area (Å²) in [7, 11) is 0. The molecule has 0 saturated carbocycles. The van der Waals surface area contributed by atoms with Crippen molar-refractivity contribution < 1.29 is 4.79 Å². The number of nitrogens with zero attached hydrogens (tertiary/aromatic N) is 2. The molecule has 1 N–H and O–H groups in total. The maximum atomic E-state index is 12.1. The van der Waals surface area contributed by atoms with Gasteiger partial charge in [-0.3, -0.25) is 9.69 Å². The number of carbonyl (C=O) groups excluding carboxylic acids is 1. The van der Waals surface area contributed by atoms with Crippen LogP contribution in [0.5, 0.6) is 0 Å². The van der Waals surface area contributed by atoms with Crippen LogP contribution in [0.4, 0.5) is 0 Å². The third kappa shape index (κ3) is 5.28. The fourth-order valence-electron chi connectivity index (χ4n) is 2.99. The number of hydrogen-bond acceptors (Lipinski definition) is 3. The lowest BCUT2D eigenvalue weighted by Gasteiger charge is -2.37. The zero-order valence-corrected chi connectivity index (χ0v) is 13.0. The summed E-state index contributed by atoms with van der Waals surface area (Å²) >= 11 is 0. The van der Waals surface area contributed by atoms with Crippen LogP contribution < -0.4 is 5.32 Å². The molecular weight excluding hydrogens is 262 g/mol. The zero-order valence-electron chi connectivity index (χ0n) is 12.2. The Morgan fingerprint density at radius 1 is 1.37 bits per heavy atom. The van der Waals surface area contributed by atoms with Crippen LogP contribution in [-0.4, -0.2) is 61.5 Å². The first kappa shape index (κ1) is 16.7. The van der Waals surface area contributed by atoms with Crippen LogP contribution in [-0.2, 0) is 4.79 Å². The van der Waals surface area contributed by atoms with Gasteiger partial charge in [-0.2, -0.15) is 0 Å². The van der Waals surface area contributed by atoms with Crippen molar-refractivity contribution in [3.05, 3.63) is 0 Å². The van der Waals surface area contributed by atoms with Gasteiger partial charge in [0.05, 0.1) is 6.54 Å². The standard InChI is InChI=1S/C14H27N3O.ClH/c1-12(2)9-17-7-6-16(11-14(17)18)10-13-4-3-5-15-8-13;/h12-13,15H,3-11H2,1-2H3;1H. The number of rotatable bonds is 4. The van der Waals surface area contributed by atoms with Crippen molar-refractivity contribution in [1.29, 1.82) is 0 Å². The topological polar surface area (TPSA) is 35.6 Å². The average Bonchev–Trinajstić information content (AvgIpc) is 2.33. The second kappa shape index (κ2) is 8.08. The molecule has 0 radical (unpaired) electrons. The molecule has 2 aliphatic rings. The van der Waals surface area contributed by atoms with Gasteiger partial charge in [0.1, 0.15) is 0 Å². The molecule has 2 saturated heterocycles. The molecule has 0 aromatic rings. The Balaban J connectivity index is 0.00000180. The van der Waals surface area contributed by atoms with Crippen LogP contribution in [0, 0.1) is 11.8 Å². The van der Waals surface area contributed by atoms with Crippen molar-refractivity contribution in [1.82, 2.24) is 15.1 Å². The summed E-state index contributed by atoms with van der Waals surface area (Å²) in [5.74, 6) is 1.63. The quantitative estimate of drug-likeness (QED) is 0.845. The second-order valence-corrected chi connectivity index (χ2v) is 6.18. The monoisotopic (exact) mass is 289 g/mol. The molecule has 19 heavy (non-hydrogen) atoms. The number of piperazine rings is 1. The van der Waals surface area contributed by atoms with Crippen molar-refractivity contribution in [2.24, 2.45) is 11.8 Å². The summed E-state index contributed by atoms with van der Waals surface area (Å²) in [6, 6.07) is 0. The normalized spacial score (nSPS) is 25.5. The molecule has 0 aromatic heterocycles. The van der Waals surface area contributed by atoms with E-state index in [9.17, 15) is 4.79 Å². The van der Waals surface area contributed by atoms with Crippen molar-refractivity contribution in [3.8, 4) is 0 Å². The van der Waals surface area contributed by atoms with Gasteiger partial charge in [-0.25, -0.2) is 0 Å². The minimum absolute atomic E-state index is 0. The number of carbonyl (C=O) groups is 1. The lowest BCUT2D eigenvalue weighted by atomic mass is 9.99. The van der Waals surface area contributed by atoms with Gasteiger partial charge in [0.15, 0.2) is 0 Å². The van der Waals surface area contributed by atoms with Gasteiger partial charge in [0, 0.05) is 26.2 Å². The molecular formula is C14H28ClN3O. The Morgan fingerprint density at radius 3 is 2.74 bits per heavy atom. The van der Waals surface area contributed by atoms with E-state index in [2.05, 4.69) is 24.1 Å².